The van der Waals surface area contributed by atoms with Crippen LogP contribution in [0.3, 0.4) is 0 Å². The van der Waals surface area contributed by atoms with Gasteiger partial charge in [-0.15, -0.1) is 0 Å². The molecule has 0 unspecified atom stereocenters. The second-order valence-corrected chi connectivity index (χ2v) is 5.34. The summed E-state index contributed by atoms with van der Waals surface area (Å²) in [6, 6.07) is 14.6. The third-order valence-electron chi connectivity index (χ3n) is 3.61. The van der Waals surface area contributed by atoms with Crippen molar-refractivity contribution in [3.8, 4) is 11.4 Å². The minimum absolute atomic E-state index is 0.373. The minimum Gasteiger partial charge on any atom is -0.502 e. The lowest BCUT2D eigenvalue weighted by atomic mass is 10.2. The Bertz CT molecular complexity index is 963. The second-order valence-electron chi connectivity index (χ2n) is 5.34. The van der Waals surface area contributed by atoms with E-state index in [1.807, 2.05) is 41.2 Å². The van der Waals surface area contributed by atoms with E-state index in [4.69, 9.17) is 0 Å². The van der Waals surface area contributed by atoms with E-state index in [0.29, 0.717) is 11.1 Å². The van der Waals surface area contributed by atoms with Gasteiger partial charge in [-0.2, -0.15) is 5.10 Å². The largest absolute Gasteiger partial charge is 0.502 e. The number of hydrogen-bond acceptors (Lipinski definition) is 5. The number of nitrogens with one attached hydrogen (secondary N) is 1. The molecule has 0 fully saturated rings. The lowest BCUT2D eigenvalue weighted by Crippen LogP contribution is -2.17. The van der Waals surface area contributed by atoms with E-state index in [0.717, 1.165) is 11.8 Å². The minimum atomic E-state index is -0.697. The number of aromatic nitrogens is 1. The van der Waals surface area contributed by atoms with Gasteiger partial charge in [-0.3, -0.25) is 14.9 Å². The van der Waals surface area contributed by atoms with Crippen LogP contribution in [0.5, 0.6) is 5.75 Å². The van der Waals surface area contributed by atoms with Gasteiger partial charge in [0.25, 0.3) is 5.91 Å². The van der Waals surface area contributed by atoms with Gasteiger partial charge in [0, 0.05) is 35.3 Å². The predicted octanol–water partition coefficient (Wildman–Crippen LogP) is 2.86. The zero-order chi connectivity index (χ0) is 18.5. The highest BCUT2D eigenvalue weighted by molar-refractivity contribution is 5.95. The van der Waals surface area contributed by atoms with Crippen LogP contribution in [0, 0.1) is 10.1 Å². The predicted molar refractivity (Wildman–Crippen MR) is 95.6 cm³/mol. The number of benzene rings is 2. The van der Waals surface area contributed by atoms with Crippen molar-refractivity contribution in [2.24, 2.45) is 5.10 Å². The standard InChI is InChI=1S/C18H14N4O4/c23-17-8-3-13(11-16(17)22(25)26)12-19-20-18(24)14-4-6-15(7-5-14)21-9-1-2-10-21/h1-12,23H,(H,20,24)/b19-12+. The fourth-order valence-electron chi connectivity index (χ4n) is 2.29. The SMILES string of the molecule is O=C(N/N=C/c1ccc(O)c([N+](=O)[O-])c1)c1ccc(-n2cccc2)cc1. The summed E-state index contributed by atoms with van der Waals surface area (Å²) in [7, 11) is 0. The van der Waals surface area contributed by atoms with Crippen molar-refractivity contribution in [2.45, 2.75) is 0 Å². The van der Waals surface area contributed by atoms with Crippen LogP contribution >= 0.6 is 0 Å². The number of amides is 1. The monoisotopic (exact) mass is 350 g/mol. The van der Waals surface area contributed by atoms with E-state index < -0.39 is 22.3 Å². The van der Waals surface area contributed by atoms with Crippen molar-refractivity contribution in [2.75, 3.05) is 0 Å². The van der Waals surface area contributed by atoms with E-state index in [9.17, 15) is 20.0 Å². The molecule has 3 rings (SSSR count). The van der Waals surface area contributed by atoms with Crippen LogP contribution < -0.4 is 5.43 Å². The number of hydrogen-bond donors (Lipinski definition) is 2. The summed E-state index contributed by atoms with van der Waals surface area (Å²) in [5.74, 6) is -0.840. The van der Waals surface area contributed by atoms with Gasteiger partial charge >= 0.3 is 5.69 Å². The molecule has 130 valence electrons. The first-order valence-electron chi connectivity index (χ1n) is 7.59. The third kappa shape index (κ3) is 3.75. The van der Waals surface area contributed by atoms with Gasteiger partial charge in [-0.25, -0.2) is 5.43 Å². The highest BCUT2D eigenvalue weighted by atomic mass is 16.6. The average Bonchev–Trinajstić information content (AvgIpc) is 3.17. The Morgan fingerprint density at radius 3 is 2.50 bits per heavy atom. The van der Waals surface area contributed by atoms with Crippen LogP contribution in [-0.2, 0) is 0 Å². The molecule has 0 radical (unpaired) electrons. The Balaban J connectivity index is 1.66. The maximum absolute atomic E-state index is 12.1. The number of carbonyl (C=O) groups excluding carboxylic acids is 1. The molecule has 2 aromatic carbocycles. The number of phenols is 1. The van der Waals surface area contributed by atoms with Crippen molar-refractivity contribution in [3.63, 3.8) is 0 Å². The maximum Gasteiger partial charge on any atom is 0.311 e. The van der Waals surface area contributed by atoms with Gasteiger partial charge in [0.15, 0.2) is 5.75 Å². The van der Waals surface area contributed by atoms with Gasteiger partial charge in [0.1, 0.15) is 0 Å². The maximum atomic E-state index is 12.1. The molecule has 1 heterocycles. The Labute approximate surface area is 148 Å². The van der Waals surface area contributed by atoms with Gasteiger partial charge in [-0.1, -0.05) is 0 Å². The first-order chi connectivity index (χ1) is 12.5. The van der Waals surface area contributed by atoms with Gasteiger partial charge in [-0.05, 0) is 48.5 Å². The Morgan fingerprint density at radius 1 is 1.15 bits per heavy atom. The lowest BCUT2D eigenvalue weighted by molar-refractivity contribution is -0.385. The molecule has 0 atom stereocenters. The molecule has 2 N–H and O–H groups in total. The van der Waals surface area contributed by atoms with E-state index >= 15 is 0 Å². The Hall–Kier alpha value is -3.94. The molecule has 0 aliphatic heterocycles. The van der Waals surface area contributed by atoms with E-state index in [2.05, 4.69) is 10.5 Å². The van der Waals surface area contributed by atoms with Gasteiger partial charge in [0.2, 0.25) is 0 Å². The number of phenolic OH excluding ortho intramolecular Hbond substituents is 1. The average molecular weight is 350 g/mol. The number of aromatic hydroxyl groups is 1. The molecule has 3 aromatic rings. The van der Waals surface area contributed by atoms with Crippen molar-refractivity contribution in [1.82, 2.24) is 9.99 Å². The number of nitrogens with zero attached hydrogens (tertiary/aromatic N) is 3. The molecule has 0 saturated heterocycles. The summed E-state index contributed by atoms with van der Waals surface area (Å²) in [6.07, 6.45) is 5.06. The van der Waals surface area contributed by atoms with Crippen LogP contribution in [0.2, 0.25) is 0 Å². The number of rotatable bonds is 5. The summed E-state index contributed by atoms with van der Waals surface area (Å²) in [4.78, 5) is 22.2. The van der Waals surface area contributed by atoms with E-state index in [1.54, 1.807) is 12.1 Å². The van der Waals surface area contributed by atoms with Crippen molar-refractivity contribution in [3.05, 3.63) is 88.2 Å². The summed E-state index contributed by atoms with van der Waals surface area (Å²) >= 11 is 0. The highest BCUT2D eigenvalue weighted by Crippen LogP contribution is 2.25. The van der Waals surface area contributed by atoms with Crippen LogP contribution in [0.4, 0.5) is 5.69 Å². The van der Waals surface area contributed by atoms with Crippen molar-refractivity contribution in [1.29, 1.82) is 0 Å². The molecule has 0 spiro atoms. The van der Waals surface area contributed by atoms with Gasteiger partial charge in [0.05, 0.1) is 11.1 Å². The van der Waals surface area contributed by atoms with Crippen LogP contribution in [0.1, 0.15) is 15.9 Å². The van der Waals surface area contributed by atoms with Crippen LogP contribution in [0.25, 0.3) is 5.69 Å². The summed E-state index contributed by atoms with van der Waals surface area (Å²) in [5, 5.41) is 24.0. The van der Waals surface area contributed by atoms with Crippen LogP contribution in [-0.4, -0.2) is 26.7 Å². The zero-order valence-corrected chi connectivity index (χ0v) is 13.4. The first-order valence-corrected chi connectivity index (χ1v) is 7.59. The number of nitro groups is 1. The molecule has 0 saturated carbocycles. The van der Waals surface area contributed by atoms with Crippen LogP contribution in [0.15, 0.2) is 72.1 Å². The lowest BCUT2D eigenvalue weighted by Gasteiger charge is -2.04. The highest BCUT2D eigenvalue weighted by Gasteiger charge is 2.12. The zero-order valence-electron chi connectivity index (χ0n) is 13.4. The Kier molecular flexibility index (Phi) is 4.75. The molecule has 8 nitrogen and oxygen atoms in total. The topological polar surface area (TPSA) is 110 Å². The quantitative estimate of drug-likeness (QED) is 0.419. The Morgan fingerprint density at radius 2 is 1.85 bits per heavy atom. The molecule has 0 aliphatic rings. The van der Waals surface area contributed by atoms with Crippen molar-refractivity contribution < 1.29 is 14.8 Å². The molecule has 0 bridgehead atoms. The fourth-order valence-corrected chi connectivity index (χ4v) is 2.29. The fraction of sp³-hybridized carbons (Fsp3) is 0. The first kappa shape index (κ1) is 16.9. The van der Waals surface area contributed by atoms with Crippen molar-refractivity contribution >= 4 is 17.8 Å². The number of hydrazone groups is 1. The molecular weight excluding hydrogens is 336 g/mol. The molecule has 1 aromatic heterocycles. The normalized spacial score (nSPS) is 10.8. The molecule has 0 aliphatic carbocycles. The molecule has 26 heavy (non-hydrogen) atoms. The molecule has 8 heteroatoms. The van der Waals surface area contributed by atoms with E-state index in [1.165, 1.54) is 18.3 Å². The summed E-state index contributed by atoms with van der Waals surface area (Å²) in [5.41, 5.74) is 3.65. The van der Waals surface area contributed by atoms with E-state index in [-0.39, 0.29) is 0 Å². The molecular formula is C18H14N4O4. The third-order valence-corrected chi connectivity index (χ3v) is 3.61. The van der Waals surface area contributed by atoms with Gasteiger partial charge < -0.3 is 9.67 Å². The molecule has 1 amide bonds. The summed E-state index contributed by atoms with van der Waals surface area (Å²) < 4.78 is 1.91. The smallest absolute Gasteiger partial charge is 0.311 e. The summed E-state index contributed by atoms with van der Waals surface area (Å²) in [6.45, 7) is 0. The number of nitro benzene ring substituents is 1. The second kappa shape index (κ2) is 7.31. The number of carbonyl (C=O) groups is 1.